The summed E-state index contributed by atoms with van der Waals surface area (Å²) < 4.78 is 5.38. The van der Waals surface area contributed by atoms with Crippen LogP contribution in [-0.4, -0.2) is 53.6 Å². The molecule has 1 fully saturated rings. The number of rotatable bonds is 6. The molecule has 0 bridgehead atoms. The van der Waals surface area contributed by atoms with Crippen molar-refractivity contribution in [2.45, 2.75) is 19.0 Å². The molecule has 0 aliphatic carbocycles. The van der Waals surface area contributed by atoms with E-state index in [1.807, 2.05) is 13.0 Å². The highest BCUT2D eigenvalue weighted by Gasteiger charge is 2.15. The number of carbonyl (C=O) groups is 1. The minimum absolute atomic E-state index is 0.163. The Morgan fingerprint density at radius 2 is 2.03 bits per heavy atom. The molecule has 150 valence electrons. The van der Waals surface area contributed by atoms with E-state index in [-0.39, 0.29) is 11.7 Å². The molecule has 1 saturated heterocycles. The Kier molecular flexibility index (Phi) is 7.16. The summed E-state index contributed by atoms with van der Waals surface area (Å²) in [6, 6.07) is 11.0. The SMILES string of the molecule is CC(=NNC(=O)CSc1nc(C)cc(N2CCOCC2)n1)c1ccc(C#N)cc1. The molecule has 1 amide bonds. The molecule has 2 aromatic rings. The second-order valence-corrected chi connectivity index (χ2v) is 7.40. The lowest BCUT2D eigenvalue weighted by Gasteiger charge is -2.28. The van der Waals surface area contributed by atoms with Gasteiger partial charge in [0.2, 0.25) is 0 Å². The van der Waals surface area contributed by atoms with Gasteiger partial charge in [0.25, 0.3) is 5.91 Å². The van der Waals surface area contributed by atoms with Gasteiger partial charge in [0.15, 0.2) is 5.16 Å². The first-order valence-electron chi connectivity index (χ1n) is 9.20. The number of amides is 1. The van der Waals surface area contributed by atoms with Crippen LogP contribution in [-0.2, 0) is 9.53 Å². The Bertz CT molecular complexity index is 933. The number of nitrogens with zero attached hydrogens (tertiary/aromatic N) is 5. The average molecular weight is 411 g/mol. The van der Waals surface area contributed by atoms with Gasteiger partial charge >= 0.3 is 0 Å². The predicted molar refractivity (Wildman–Crippen MR) is 112 cm³/mol. The van der Waals surface area contributed by atoms with Crippen molar-refractivity contribution < 1.29 is 9.53 Å². The standard InChI is InChI=1S/C20H22N6O2S/c1-14-11-18(26-7-9-28-10-8-26)23-20(22-14)29-13-19(27)25-24-15(2)17-5-3-16(12-21)4-6-17/h3-6,11H,7-10,13H2,1-2H3,(H,25,27). The van der Waals surface area contributed by atoms with Crippen LogP contribution >= 0.6 is 11.8 Å². The van der Waals surface area contributed by atoms with Crippen molar-refractivity contribution in [3.05, 3.63) is 47.2 Å². The van der Waals surface area contributed by atoms with Crippen molar-refractivity contribution in [3.63, 3.8) is 0 Å². The summed E-state index contributed by atoms with van der Waals surface area (Å²) in [5.74, 6) is 0.787. The fourth-order valence-electron chi connectivity index (χ4n) is 2.70. The number of benzene rings is 1. The summed E-state index contributed by atoms with van der Waals surface area (Å²) in [5.41, 5.74) is 5.50. The molecule has 0 saturated carbocycles. The average Bonchev–Trinajstić information content (AvgIpc) is 2.76. The van der Waals surface area contributed by atoms with Crippen molar-refractivity contribution >= 4 is 29.2 Å². The number of aromatic nitrogens is 2. The highest BCUT2D eigenvalue weighted by molar-refractivity contribution is 7.99. The lowest BCUT2D eigenvalue weighted by molar-refractivity contribution is -0.118. The first-order chi connectivity index (χ1) is 14.0. The van der Waals surface area contributed by atoms with Crippen molar-refractivity contribution in [1.82, 2.24) is 15.4 Å². The smallest absolute Gasteiger partial charge is 0.250 e. The van der Waals surface area contributed by atoms with E-state index in [9.17, 15) is 4.79 Å². The fraction of sp³-hybridized carbons (Fsp3) is 0.350. The molecule has 1 aliphatic rings. The molecule has 0 unspecified atom stereocenters. The number of carbonyl (C=O) groups excluding carboxylic acids is 1. The molecule has 0 atom stereocenters. The van der Waals surface area contributed by atoms with E-state index in [2.05, 4.69) is 31.5 Å². The van der Waals surface area contributed by atoms with Crippen molar-refractivity contribution in [3.8, 4) is 6.07 Å². The van der Waals surface area contributed by atoms with Gasteiger partial charge in [0.1, 0.15) is 5.82 Å². The normalized spacial score (nSPS) is 14.4. The molecule has 1 N–H and O–H groups in total. The monoisotopic (exact) mass is 410 g/mol. The van der Waals surface area contributed by atoms with Crippen molar-refractivity contribution in [2.24, 2.45) is 5.10 Å². The van der Waals surface area contributed by atoms with Gasteiger partial charge in [-0.25, -0.2) is 15.4 Å². The van der Waals surface area contributed by atoms with Crippen LogP contribution in [0.2, 0.25) is 0 Å². The van der Waals surface area contributed by atoms with Crippen LogP contribution in [0.1, 0.15) is 23.7 Å². The zero-order valence-electron chi connectivity index (χ0n) is 16.4. The minimum atomic E-state index is -0.235. The number of morpholine rings is 1. The van der Waals surface area contributed by atoms with Gasteiger partial charge in [0, 0.05) is 24.8 Å². The number of hydrogen-bond acceptors (Lipinski definition) is 8. The summed E-state index contributed by atoms with van der Waals surface area (Å²) >= 11 is 1.28. The topological polar surface area (TPSA) is 104 Å². The third-order valence-corrected chi connectivity index (χ3v) is 5.11. The van der Waals surface area contributed by atoms with E-state index in [0.29, 0.717) is 29.6 Å². The number of anilines is 1. The summed E-state index contributed by atoms with van der Waals surface area (Å²) in [7, 11) is 0. The van der Waals surface area contributed by atoms with Crippen molar-refractivity contribution in [1.29, 1.82) is 5.26 Å². The quantitative estimate of drug-likeness (QED) is 0.337. The lowest BCUT2D eigenvalue weighted by Crippen LogP contribution is -2.36. The Labute approximate surface area is 174 Å². The Hall–Kier alpha value is -2.96. The third-order valence-electron chi connectivity index (χ3n) is 4.27. The van der Waals surface area contributed by atoms with Crippen LogP contribution in [0, 0.1) is 18.3 Å². The van der Waals surface area contributed by atoms with Crippen LogP contribution in [0.15, 0.2) is 40.6 Å². The Balaban J connectivity index is 1.56. The number of aryl methyl sites for hydroxylation is 1. The van der Waals surface area contributed by atoms with Crippen LogP contribution in [0.4, 0.5) is 5.82 Å². The van der Waals surface area contributed by atoms with Crippen LogP contribution in [0.25, 0.3) is 0 Å². The van der Waals surface area contributed by atoms with Crippen LogP contribution in [0.5, 0.6) is 0 Å². The van der Waals surface area contributed by atoms with E-state index >= 15 is 0 Å². The first kappa shape index (κ1) is 20.8. The summed E-state index contributed by atoms with van der Waals surface area (Å²) in [6.45, 7) is 6.68. The molecule has 9 heteroatoms. The number of hydrazone groups is 1. The molecule has 29 heavy (non-hydrogen) atoms. The number of hydrogen-bond donors (Lipinski definition) is 1. The van der Waals surface area contributed by atoms with E-state index < -0.39 is 0 Å². The molecule has 3 rings (SSSR count). The van der Waals surface area contributed by atoms with E-state index in [4.69, 9.17) is 10.00 Å². The zero-order valence-corrected chi connectivity index (χ0v) is 17.2. The molecule has 0 spiro atoms. The molecule has 0 radical (unpaired) electrons. The van der Waals surface area contributed by atoms with E-state index in [1.165, 1.54) is 11.8 Å². The van der Waals surface area contributed by atoms with Gasteiger partial charge in [-0.05, 0) is 31.5 Å². The second kappa shape index (κ2) is 10.0. The largest absolute Gasteiger partial charge is 0.378 e. The first-order valence-corrected chi connectivity index (χ1v) is 10.2. The van der Waals surface area contributed by atoms with Crippen molar-refractivity contribution in [2.75, 3.05) is 37.0 Å². The molecular weight excluding hydrogens is 388 g/mol. The number of nitrogens with one attached hydrogen (secondary N) is 1. The highest BCUT2D eigenvalue weighted by atomic mass is 32.2. The van der Waals surface area contributed by atoms with Crippen LogP contribution < -0.4 is 10.3 Å². The van der Waals surface area contributed by atoms with Gasteiger partial charge in [-0.2, -0.15) is 10.4 Å². The molecule has 1 aliphatic heterocycles. The molecule has 8 nitrogen and oxygen atoms in total. The molecule has 2 heterocycles. The van der Waals surface area contributed by atoms with Gasteiger partial charge in [0.05, 0.1) is 36.3 Å². The summed E-state index contributed by atoms with van der Waals surface area (Å²) in [6.07, 6.45) is 0. The van der Waals surface area contributed by atoms with Gasteiger partial charge in [-0.1, -0.05) is 23.9 Å². The number of ether oxygens (including phenoxy) is 1. The maximum atomic E-state index is 12.2. The van der Waals surface area contributed by atoms with Crippen LogP contribution in [0.3, 0.4) is 0 Å². The zero-order chi connectivity index (χ0) is 20.6. The number of nitriles is 1. The second-order valence-electron chi connectivity index (χ2n) is 6.46. The van der Waals surface area contributed by atoms with Gasteiger partial charge in [-0.15, -0.1) is 0 Å². The fourth-order valence-corrected chi connectivity index (χ4v) is 3.39. The maximum absolute atomic E-state index is 12.2. The predicted octanol–water partition coefficient (Wildman–Crippen LogP) is 2.13. The molecule has 1 aromatic heterocycles. The Morgan fingerprint density at radius 1 is 1.31 bits per heavy atom. The van der Waals surface area contributed by atoms with E-state index in [0.717, 1.165) is 30.2 Å². The third kappa shape index (κ3) is 6.01. The molecule has 1 aromatic carbocycles. The minimum Gasteiger partial charge on any atom is -0.378 e. The summed E-state index contributed by atoms with van der Waals surface area (Å²) in [4.78, 5) is 23.3. The number of thioether (sulfide) groups is 1. The van der Waals surface area contributed by atoms with Gasteiger partial charge in [-0.3, -0.25) is 4.79 Å². The Morgan fingerprint density at radius 3 is 2.72 bits per heavy atom. The highest BCUT2D eigenvalue weighted by Crippen LogP contribution is 2.20. The lowest BCUT2D eigenvalue weighted by atomic mass is 10.1. The van der Waals surface area contributed by atoms with E-state index in [1.54, 1.807) is 31.2 Å². The van der Waals surface area contributed by atoms with Gasteiger partial charge < -0.3 is 9.64 Å². The maximum Gasteiger partial charge on any atom is 0.250 e. The summed E-state index contributed by atoms with van der Waals surface area (Å²) in [5, 5.41) is 13.5. The molecular formula is C20H22N6O2S.